The van der Waals surface area contributed by atoms with E-state index in [1.807, 2.05) is 6.92 Å². The van der Waals surface area contributed by atoms with Crippen LogP contribution < -0.4 is 5.32 Å². The van der Waals surface area contributed by atoms with Crippen LogP contribution in [0.1, 0.15) is 40.0 Å². The molecule has 1 saturated carbocycles. The minimum Gasteiger partial charge on any atom is -0.359 e. The Balaban J connectivity index is 1.46. The summed E-state index contributed by atoms with van der Waals surface area (Å²) in [7, 11) is 0. The molecule has 2 fully saturated rings. The van der Waals surface area contributed by atoms with Gasteiger partial charge in [0.15, 0.2) is 6.10 Å². The molecule has 100 valence electrons. The van der Waals surface area contributed by atoms with Gasteiger partial charge in [-0.25, -0.2) is 0 Å². The molecule has 1 N–H and O–H groups in total. The van der Waals surface area contributed by atoms with Crippen LogP contribution in [0, 0.1) is 17.3 Å². The number of epoxide rings is 1. The van der Waals surface area contributed by atoms with Crippen LogP contribution in [-0.2, 0) is 9.53 Å². The minimum atomic E-state index is -0.185. The van der Waals surface area contributed by atoms with E-state index in [-0.39, 0.29) is 18.1 Å². The Labute approximate surface area is 109 Å². The number of rotatable bonds is 4. The van der Waals surface area contributed by atoms with Gasteiger partial charge in [0.1, 0.15) is 0 Å². The second-order valence-electron chi connectivity index (χ2n) is 6.62. The number of hydrogen-bond acceptors (Lipinski definition) is 2. The fourth-order valence-electron chi connectivity index (χ4n) is 3.65. The monoisotopic (exact) mass is 249 g/mol. The van der Waals surface area contributed by atoms with Gasteiger partial charge < -0.3 is 10.1 Å². The molecule has 0 aromatic rings. The van der Waals surface area contributed by atoms with Gasteiger partial charge >= 0.3 is 0 Å². The molecule has 2 bridgehead atoms. The van der Waals surface area contributed by atoms with E-state index in [2.05, 4.69) is 25.2 Å². The van der Waals surface area contributed by atoms with Crippen molar-refractivity contribution < 1.29 is 9.53 Å². The second-order valence-corrected chi connectivity index (χ2v) is 6.62. The Kier molecular flexibility index (Phi) is 2.77. The maximum absolute atomic E-state index is 11.6. The molecule has 0 radical (unpaired) electrons. The summed E-state index contributed by atoms with van der Waals surface area (Å²) in [5.41, 5.74) is 2.05. The van der Waals surface area contributed by atoms with Crippen molar-refractivity contribution in [2.75, 3.05) is 6.54 Å². The van der Waals surface area contributed by atoms with Crippen molar-refractivity contribution in [1.29, 1.82) is 0 Å². The molecule has 4 rings (SSSR count). The van der Waals surface area contributed by atoms with Crippen LogP contribution in [0.4, 0.5) is 0 Å². The molecule has 4 aliphatic rings. The van der Waals surface area contributed by atoms with Gasteiger partial charge in [0.25, 0.3) is 5.91 Å². The van der Waals surface area contributed by atoms with E-state index in [1.165, 1.54) is 12.8 Å². The van der Waals surface area contributed by atoms with Gasteiger partial charge in [-0.3, -0.25) is 4.79 Å². The molecule has 1 saturated heterocycles. The first-order valence-electron chi connectivity index (χ1n) is 7.12. The lowest BCUT2D eigenvalue weighted by Gasteiger charge is -2.56. The maximum Gasteiger partial charge on any atom is 0.251 e. The lowest BCUT2D eigenvalue weighted by molar-refractivity contribution is -0.122. The third-order valence-corrected chi connectivity index (χ3v) is 5.26. The molecule has 3 aliphatic carbocycles. The predicted molar refractivity (Wildman–Crippen MR) is 70.0 cm³/mol. The van der Waals surface area contributed by atoms with Crippen molar-refractivity contribution in [1.82, 2.24) is 5.32 Å². The van der Waals surface area contributed by atoms with E-state index in [0.29, 0.717) is 5.41 Å². The zero-order valence-electron chi connectivity index (χ0n) is 11.5. The summed E-state index contributed by atoms with van der Waals surface area (Å²) in [6.07, 6.45) is 5.94. The average molecular weight is 249 g/mol. The van der Waals surface area contributed by atoms with E-state index < -0.39 is 0 Å². The third-order valence-electron chi connectivity index (χ3n) is 5.26. The van der Waals surface area contributed by atoms with Crippen molar-refractivity contribution in [3.05, 3.63) is 11.6 Å². The molecule has 0 spiro atoms. The first-order valence-corrected chi connectivity index (χ1v) is 7.12. The molecule has 0 aromatic carbocycles. The van der Waals surface area contributed by atoms with Gasteiger partial charge in [-0.2, -0.15) is 0 Å². The van der Waals surface area contributed by atoms with E-state index in [1.54, 1.807) is 5.57 Å². The van der Waals surface area contributed by atoms with Gasteiger partial charge in [-0.15, -0.1) is 0 Å². The Bertz CT molecular complexity index is 399. The minimum absolute atomic E-state index is 0.0599. The van der Waals surface area contributed by atoms with Crippen molar-refractivity contribution in [2.24, 2.45) is 17.3 Å². The Morgan fingerprint density at radius 1 is 1.56 bits per heavy atom. The van der Waals surface area contributed by atoms with Gasteiger partial charge in [-0.05, 0) is 43.4 Å². The van der Waals surface area contributed by atoms with Gasteiger partial charge in [0.2, 0.25) is 0 Å². The highest BCUT2D eigenvalue weighted by atomic mass is 16.6. The first-order chi connectivity index (χ1) is 8.50. The molecule has 3 nitrogen and oxygen atoms in total. The highest BCUT2D eigenvalue weighted by Gasteiger charge is 2.50. The molecular weight excluding hydrogens is 226 g/mol. The van der Waals surface area contributed by atoms with E-state index in [4.69, 9.17) is 4.74 Å². The topological polar surface area (TPSA) is 41.6 Å². The highest BCUT2D eigenvalue weighted by Crippen LogP contribution is 2.59. The van der Waals surface area contributed by atoms with Crippen LogP contribution in [-0.4, -0.2) is 24.7 Å². The zero-order valence-corrected chi connectivity index (χ0v) is 11.5. The number of carbonyl (C=O) groups excluding carboxylic acids is 1. The van der Waals surface area contributed by atoms with Crippen molar-refractivity contribution in [3.63, 3.8) is 0 Å². The van der Waals surface area contributed by atoms with Crippen LogP contribution in [0.3, 0.4) is 0 Å². The number of ether oxygens (including phenoxy) is 1. The van der Waals surface area contributed by atoms with Crippen molar-refractivity contribution in [2.45, 2.75) is 52.2 Å². The lowest BCUT2D eigenvalue weighted by Crippen LogP contribution is -2.48. The summed E-state index contributed by atoms with van der Waals surface area (Å²) in [5, 5.41) is 2.98. The Morgan fingerprint density at radius 2 is 2.28 bits per heavy atom. The number of carbonyl (C=O) groups is 1. The van der Waals surface area contributed by atoms with Crippen LogP contribution in [0.5, 0.6) is 0 Å². The predicted octanol–water partition coefficient (Wildman–Crippen LogP) is 2.27. The van der Waals surface area contributed by atoms with E-state index in [9.17, 15) is 4.79 Å². The maximum atomic E-state index is 11.6. The molecule has 0 unspecified atom stereocenters. The SMILES string of the molecule is C[C@@H]1O[C@H]1C(=O)NCCC1=CC[C@H]2C[C@@H]1C2(C)C. The van der Waals surface area contributed by atoms with Crippen LogP contribution in [0.2, 0.25) is 0 Å². The zero-order chi connectivity index (χ0) is 12.9. The molecule has 4 atom stereocenters. The van der Waals surface area contributed by atoms with Crippen molar-refractivity contribution in [3.8, 4) is 0 Å². The molecule has 1 amide bonds. The lowest BCUT2D eigenvalue weighted by atomic mass is 9.48. The molecule has 1 aliphatic heterocycles. The molecule has 3 heteroatoms. The number of nitrogens with one attached hydrogen (secondary N) is 1. The Hall–Kier alpha value is -0.830. The van der Waals surface area contributed by atoms with E-state index >= 15 is 0 Å². The number of allylic oxidation sites excluding steroid dienone is 1. The third kappa shape index (κ3) is 1.89. The summed E-state index contributed by atoms with van der Waals surface area (Å²) in [6.45, 7) is 7.47. The van der Waals surface area contributed by atoms with Gasteiger partial charge in [-0.1, -0.05) is 25.5 Å². The first kappa shape index (κ1) is 12.2. The molecule has 0 aromatic heterocycles. The van der Waals surface area contributed by atoms with E-state index in [0.717, 1.165) is 24.8 Å². The van der Waals surface area contributed by atoms with Crippen LogP contribution in [0.25, 0.3) is 0 Å². The molecular formula is C15H23NO2. The number of hydrogen-bond donors (Lipinski definition) is 1. The summed E-state index contributed by atoms with van der Waals surface area (Å²) in [4.78, 5) is 11.6. The van der Waals surface area contributed by atoms with Crippen LogP contribution >= 0.6 is 0 Å². The number of fused-ring (bicyclic) bond motifs is 1. The van der Waals surface area contributed by atoms with Crippen molar-refractivity contribution >= 4 is 5.91 Å². The second kappa shape index (κ2) is 4.09. The average Bonchev–Trinajstić information content (AvgIpc) is 3.06. The van der Waals surface area contributed by atoms with Gasteiger partial charge in [0, 0.05) is 6.54 Å². The molecule has 1 heterocycles. The largest absolute Gasteiger partial charge is 0.359 e. The summed E-state index contributed by atoms with van der Waals surface area (Å²) < 4.78 is 5.16. The standard InChI is InChI=1S/C15H23NO2/c1-9-13(18-9)14(17)16-7-6-10-4-5-11-8-12(10)15(11,2)3/h4,9,11-13H,5-8H2,1-3H3,(H,16,17)/t9-,11-,12-,13+/m0/s1. The fraction of sp³-hybridized carbons (Fsp3) is 0.800. The normalized spacial score (nSPS) is 39.6. The number of amides is 1. The fourth-order valence-corrected chi connectivity index (χ4v) is 3.65. The summed E-state index contributed by atoms with van der Waals surface area (Å²) in [6, 6.07) is 0. The molecule has 18 heavy (non-hydrogen) atoms. The summed E-state index contributed by atoms with van der Waals surface area (Å²) >= 11 is 0. The smallest absolute Gasteiger partial charge is 0.251 e. The quantitative estimate of drug-likeness (QED) is 0.613. The van der Waals surface area contributed by atoms with Crippen LogP contribution in [0.15, 0.2) is 11.6 Å². The summed E-state index contributed by atoms with van der Waals surface area (Å²) in [5.74, 6) is 1.70. The Morgan fingerprint density at radius 3 is 2.83 bits per heavy atom. The van der Waals surface area contributed by atoms with Gasteiger partial charge in [0.05, 0.1) is 6.10 Å². The highest BCUT2D eigenvalue weighted by molar-refractivity contribution is 5.83.